The number of hydrogen-bond acceptors (Lipinski definition) is 12. The van der Waals surface area contributed by atoms with Crippen molar-refractivity contribution in [1.82, 2.24) is 9.80 Å². The summed E-state index contributed by atoms with van der Waals surface area (Å²) in [6.07, 6.45) is 12.8. The topological polar surface area (TPSA) is 215 Å². The van der Waals surface area contributed by atoms with Crippen LogP contribution < -0.4 is 9.47 Å². The number of phenols is 2. The molecule has 0 spiro atoms. The SMILES string of the molecule is CC(C)=CCC/C(C)=C/CC[C@@]1(C)Oc2c(c(O)cc3c2CN([C@@H](CSSC[C@H](C(=O)O)N2Cc4c(cc(O)c5c4O[C@@](C)(CC/C=C(\C)CCC=C(C)C)[C@@H](O)C5)C2=O)C(=O)O)C3=O)C[C@H]1O. The zero-order valence-corrected chi connectivity index (χ0v) is 42.1. The third kappa shape index (κ3) is 11.6. The summed E-state index contributed by atoms with van der Waals surface area (Å²) in [4.78, 5) is 55.8. The Labute approximate surface area is 407 Å². The van der Waals surface area contributed by atoms with E-state index in [9.17, 15) is 49.8 Å². The van der Waals surface area contributed by atoms with Crippen LogP contribution in [0, 0.1) is 0 Å². The van der Waals surface area contributed by atoms with Crippen molar-refractivity contribution in [1.29, 1.82) is 0 Å². The highest BCUT2D eigenvalue weighted by Crippen LogP contribution is 2.49. The molecule has 4 aliphatic heterocycles. The van der Waals surface area contributed by atoms with Crippen molar-refractivity contribution < 1.29 is 59.3 Å². The Morgan fingerprint density at radius 1 is 0.647 bits per heavy atom. The second kappa shape index (κ2) is 21.8. The minimum absolute atomic E-state index is 0.0842. The van der Waals surface area contributed by atoms with Crippen molar-refractivity contribution in [2.24, 2.45) is 0 Å². The molecule has 0 saturated heterocycles. The second-order valence-electron chi connectivity index (χ2n) is 19.7. The number of aliphatic hydroxyl groups excluding tert-OH is 2. The molecule has 2 amide bonds. The van der Waals surface area contributed by atoms with E-state index in [-0.39, 0.29) is 71.6 Å². The van der Waals surface area contributed by atoms with Gasteiger partial charge in [-0.25, -0.2) is 9.59 Å². The number of phenolic OH excluding ortho intramolecular Hbond substituents is 2. The van der Waals surface area contributed by atoms with Crippen LogP contribution in [0.1, 0.15) is 150 Å². The van der Waals surface area contributed by atoms with Gasteiger partial charge in [-0.15, -0.1) is 0 Å². The van der Waals surface area contributed by atoms with E-state index in [4.69, 9.17) is 9.47 Å². The molecule has 2 aromatic rings. The first-order valence-electron chi connectivity index (χ1n) is 23.4. The van der Waals surface area contributed by atoms with Crippen molar-refractivity contribution >= 4 is 45.3 Å². The number of benzene rings is 2. The van der Waals surface area contributed by atoms with Gasteiger partial charge in [0.15, 0.2) is 0 Å². The van der Waals surface area contributed by atoms with Crippen LogP contribution >= 0.6 is 21.6 Å². The number of rotatable bonds is 21. The van der Waals surface area contributed by atoms with Crippen molar-refractivity contribution in [3.8, 4) is 23.0 Å². The van der Waals surface area contributed by atoms with Gasteiger partial charge in [0, 0.05) is 46.6 Å². The molecular weight excluding hydrogens is 909 g/mol. The van der Waals surface area contributed by atoms with E-state index in [1.54, 1.807) is 13.8 Å². The molecule has 6 N–H and O–H groups in total. The highest BCUT2D eigenvalue weighted by molar-refractivity contribution is 8.76. The fourth-order valence-electron chi connectivity index (χ4n) is 9.36. The number of nitrogens with zero attached hydrogens (tertiary/aromatic N) is 2. The van der Waals surface area contributed by atoms with Crippen LogP contribution in [-0.4, -0.2) is 111 Å². The molecule has 0 saturated carbocycles. The number of amides is 2. The number of hydrogen-bond donors (Lipinski definition) is 6. The van der Waals surface area contributed by atoms with E-state index in [1.165, 1.54) is 44.2 Å². The number of ether oxygens (including phenoxy) is 2. The van der Waals surface area contributed by atoms with Crippen molar-refractivity contribution in [2.45, 2.75) is 168 Å². The van der Waals surface area contributed by atoms with Gasteiger partial charge >= 0.3 is 11.9 Å². The van der Waals surface area contributed by atoms with Crippen LogP contribution in [0.5, 0.6) is 23.0 Å². The van der Waals surface area contributed by atoms with Crippen LogP contribution in [0.25, 0.3) is 0 Å². The molecule has 0 bridgehead atoms. The van der Waals surface area contributed by atoms with E-state index in [2.05, 4.69) is 65.8 Å². The lowest BCUT2D eigenvalue weighted by atomic mass is 9.84. The summed E-state index contributed by atoms with van der Waals surface area (Å²) >= 11 is 0. The lowest BCUT2D eigenvalue weighted by molar-refractivity contribution is -0.142. The van der Waals surface area contributed by atoms with E-state index in [1.807, 2.05) is 0 Å². The van der Waals surface area contributed by atoms with Crippen molar-refractivity contribution in [3.63, 3.8) is 0 Å². The van der Waals surface area contributed by atoms with E-state index in [0.717, 1.165) is 47.3 Å². The highest BCUT2D eigenvalue weighted by atomic mass is 33.1. The summed E-state index contributed by atoms with van der Waals surface area (Å²) in [6, 6.07) is -0.0850. The molecule has 4 heterocycles. The third-order valence-corrected chi connectivity index (χ3v) is 16.1. The van der Waals surface area contributed by atoms with Gasteiger partial charge in [-0.1, -0.05) is 68.2 Å². The number of aliphatic carboxylic acids is 2. The molecule has 2 aromatic carbocycles. The minimum Gasteiger partial charge on any atom is -0.508 e. The Morgan fingerprint density at radius 2 is 1.01 bits per heavy atom. The lowest BCUT2D eigenvalue weighted by Crippen LogP contribution is -2.49. The number of fused-ring (bicyclic) bond motifs is 6. The Morgan fingerprint density at radius 3 is 1.35 bits per heavy atom. The number of aliphatic hydroxyl groups is 2. The maximum atomic E-state index is 13.9. The number of carbonyl (C=O) groups is 4. The summed E-state index contributed by atoms with van der Waals surface area (Å²) in [6.45, 7) is 15.8. The van der Waals surface area contributed by atoms with Gasteiger partial charge in [-0.3, -0.25) is 9.59 Å². The Balaban J connectivity index is 1.10. The molecule has 0 radical (unpaired) electrons. The van der Waals surface area contributed by atoms with Gasteiger partial charge in [0.1, 0.15) is 46.3 Å². The molecule has 0 fully saturated rings. The summed E-state index contributed by atoms with van der Waals surface area (Å²) in [5.41, 5.74) is 4.66. The zero-order chi connectivity index (χ0) is 49.8. The second-order valence-corrected chi connectivity index (χ2v) is 22.2. The van der Waals surface area contributed by atoms with Gasteiger partial charge in [0.25, 0.3) is 11.8 Å². The monoisotopic (exact) mass is 976 g/mol. The quantitative estimate of drug-likeness (QED) is 0.0391. The predicted octanol–water partition coefficient (Wildman–Crippen LogP) is 9.05. The summed E-state index contributed by atoms with van der Waals surface area (Å²) < 4.78 is 13.0. The number of aromatic hydroxyl groups is 2. The largest absolute Gasteiger partial charge is 0.508 e. The van der Waals surface area contributed by atoms with Crippen LogP contribution in [0.3, 0.4) is 0 Å². The minimum atomic E-state index is -1.34. The first-order chi connectivity index (χ1) is 32.0. The first-order valence-corrected chi connectivity index (χ1v) is 25.9. The molecule has 370 valence electrons. The smallest absolute Gasteiger partial charge is 0.327 e. The lowest BCUT2D eigenvalue weighted by Gasteiger charge is -2.41. The van der Waals surface area contributed by atoms with Crippen molar-refractivity contribution in [3.05, 3.63) is 92.1 Å². The average molecular weight is 977 g/mol. The molecule has 4 aliphatic rings. The summed E-state index contributed by atoms with van der Waals surface area (Å²) in [5.74, 6) is -3.94. The van der Waals surface area contributed by atoms with Crippen LogP contribution in [0.15, 0.2) is 58.7 Å². The summed E-state index contributed by atoms with van der Waals surface area (Å²) in [5, 5.41) is 65.4. The molecule has 0 aromatic heterocycles. The maximum Gasteiger partial charge on any atom is 0.327 e. The molecular formula is C52H68N2O12S2. The van der Waals surface area contributed by atoms with E-state index < -0.39 is 59.2 Å². The zero-order valence-electron chi connectivity index (χ0n) is 40.5. The standard InChI is InChI=1S/C52H68N2O12S2/c1-29(2)13-9-15-31(5)17-11-19-51(7)43(57)23-35-41(55)21-33-37(45(35)65-51)25-53(47(33)59)39(49(61)62)27-67-68-28-40(50(63)64)54-26-38-34(48(54)60)22-42(56)36-24-44(58)52(8,66-46(36)38)20-12-18-32(6)16-10-14-30(3)4/h13-14,17-18,21-22,39-40,43-44,55-58H,9-12,15-16,19-20,23-28H2,1-8H3,(H,61,62)(H,63,64)/b31-17+,32-18+/t39-,40+,43+,44-,51+,52-. The van der Waals surface area contributed by atoms with Crippen LogP contribution in [-0.2, 0) is 35.5 Å². The summed E-state index contributed by atoms with van der Waals surface area (Å²) in [7, 11) is 2.11. The maximum absolute atomic E-state index is 13.9. The van der Waals surface area contributed by atoms with Gasteiger partial charge in [-0.2, -0.15) is 0 Å². The van der Waals surface area contributed by atoms with Gasteiger partial charge in [-0.05, 0) is 119 Å². The average Bonchev–Trinajstić information content (AvgIpc) is 3.75. The van der Waals surface area contributed by atoms with Gasteiger partial charge in [0.2, 0.25) is 0 Å². The first kappa shape index (κ1) is 52.5. The molecule has 0 unspecified atom stereocenters. The third-order valence-electron chi connectivity index (χ3n) is 13.7. The molecule has 14 nitrogen and oxygen atoms in total. The van der Waals surface area contributed by atoms with E-state index in [0.29, 0.717) is 47.9 Å². The molecule has 0 aliphatic carbocycles. The predicted molar refractivity (Wildman–Crippen MR) is 265 cm³/mol. The van der Waals surface area contributed by atoms with Gasteiger partial charge < -0.3 is 49.9 Å². The molecule has 6 atom stereocenters. The van der Waals surface area contributed by atoms with Crippen molar-refractivity contribution in [2.75, 3.05) is 11.5 Å². The van der Waals surface area contributed by atoms with Gasteiger partial charge in [0.05, 0.1) is 36.4 Å². The number of carboxylic acid groups (broad SMARTS) is 2. The number of allylic oxidation sites excluding steroid dienone is 8. The Hall–Kier alpha value is -4.90. The normalized spacial score (nSPS) is 22.9. The van der Waals surface area contributed by atoms with E-state index >= 15 is 0 Å². The molecule has 6 rings (SSSR count). The highest BCUT2D eigenvalue weighted by Gasteiger charge is 2.48. The number of carbonyl (C=O) groups excluding carboxylic acids is 2. The van der Waals surface area contributed by atoms with Crippen LogP contribution in [0.2, 0.25) is 0 Å². The Kier molecular flexibility index (Phi) is 16.8. The molecule has 16 heteroatoms. The fourth-order valence-corrected chi connectivity index (χ4v) is 11.8. The fraction of sp³-hybridized carbons (Fsp3) is 0.538. The molecule has 68 heavy (non-hydrogen) atoms. The van der Waals surface area contributed by atoms with Crippen LogP contribution in [0.4, 0.5) is 0 Å². The Bertz CT molecular complexity index is 2250. The number of carboxylic acids is 2.